The van der Waals surface area contributed by atoms with Gasteiger partial charge in [0.15, 0.2) is 0 Å². The minimum atomic E-state index is -4.01. The van der Waals surface area contributed by atoms with Crippen LogP contribution in [0.25, 0.3) is 0 Å². The Hall–Kier alpha value is -1.60. The van der Waals surface area contributed by atoms with Gasteiger partial charge in [0.1, 0.15) is 5.82 Å². The van der Waals surface area contributed by atoms with E-state index in [2.05, 4.69) is 0 Å². The van der Waals surface area contributed by atoms with E-state index in [-0.39, 0.29) is 27.9 Å². The largest absolute Gasteiger partial charge is 0.395 e. The molecule has 0 radical (unpaired) electrons. The maximum absolute atomic E-state index is 13.3. The van der Waals surface area contributed by atoms with Crippen molar-refractivity contribution < 1.29 is 31.1 Å². The predicted octanol–water partition coefficient (Wildman–Crippen LogP) is 2.82. The highest BCUT2D eigenvalue weighted by molar-refractivity contribution is 7.89. The van der Waals surface area contributed by atoms with Gasteiger partial charge in [-0.15, -0.1) is 0 Å². The van der Waals surface area contributed by atoms with E-state index in [9.17, 15) is 26.3 Å². The molecule has 0 aromatic heterocycles. The Bertz CT molecular complexity index is 1160. The van der Waals surface area contributed by atoms with Crippen molar-refractivity contribution in [2.45, 2.75) is 35.8 Å². The molecule has 0 amide bonds. The van der Waals surface area contributed by atoms with Gasteiger partial charge in [-0.25, -0.2) is 21.2 Å². The molecular weight excluding hydrogens is 507 g/mol. The highest BCUT2D eigenvalue weighted by Crippen LogP contribution is 2.24. The zero-order valence-corrected chi connectivity index (χ0v) is 21.8. The molecule has 0 heterocycles. The summed E-state index contributed by atoms with van der Waals surface area (Å²) in [5, 5.41) is 9.96. The molecular formula is C22H30ClFN2O6S2. The van der Waals surface area contributed by atoms with Crippen LogP contribution in [0.1, 0.15) is 13.8 Å². The lowest BCUT2D eigenvalue weighted by Crippen LogP contribution is -2.47. The first-order valence-corrected chi connectivity index (χ1v) is 13.7. The molecule has 0 bridgehead atoms. The predicted molar refractivity (Wildman–Crippen MR) is 128 cm³/mol. The summed E-state index contributed by atoms with van der Waals surface area (Å²) < 4.78 is 73.3. The van der Waals surface area contributed by atoms with Crippen molar-refractivity contribution in [1.82, 2.24) is 8.61 Å². The Balaban J connectivity index is 2.26. The summed E-state index contributed by atoms with van der Waals surface area (Å²) >= 11 is 5.97. The molecule has 8 nitrogen and oxygen atoms in total. The molecule has 2 rings (SSSR count). The van der Waals surface area contributed by atoms with Crippen LogP contribution >= 0.6 is 11.6 Å². The molecule has 2 aromatic carbocycles. The second-order valence-electron chi connectivity index (χ2n) is 8.05. The summed E-state index contributed by atoms with van der Waals surface area (Å²) in [5.41, 5.74) is 0. The van der Waals surface area contributed by atoms with Crippen LogP contribution < -0.4 is 0 Å². The van der Waals surface area contributed by atoms with Gasteiger partial charge in [-0.05, 0) is 55.3 Å². The van der Waals surface area contributed by atoms with Gasteiger partial charge < -0.3 is 9.84 Å². The van der Waals surface area contributed by atoms with E-state index in [4.69, 9.17) is 16.3 Å². The van der Waals surface area contributed by atoms with Crippen LogP contribution in [0.3, 0.4) is 0 Å². The van der Waals surface area contributed by atoms with Gasteiger partial charge in [-0.2, -0.15) is 8.61 Å². The molecule has 1 N–H and O–H groups in total. The molecule has 0 fully saturated rings. The Kier molecular flexibility index (Phi) is 10.0. The minimum absolute atomic E-state index is 0.0162. The van der Waals surface area contributed by atoms with Gasteiger partial charge in [-0.1, -0.05) is 24.6 Å². The third kappa shape index (κ3) is 6.75. The topological polar surface area (TPSA) is 104 Å². The minimum Gasteiger partial charge on any atom is -0.395 e. The molecule has 0 spiro atoms. The van der Waals surface area contributed by atoms with E-state index in [0.29, 0.717) is 0 Å². The number of hydrogen-bond acceptors (Lipinski definition) is 6. The first-order valence-electron chi connectivity index (χ1n) is 10.5. The molecule has 0 saturated carbocycles. The average Bonchev–Trinajstić information content (AvgIpc) is 2.80. The second-order valence-corrected chi connectivity index (χ2v) is 12.4. The fourth-order valence-corrected chi connectivity index (χ4v) is 6.60. The molecule has 0 unspecified atom stereocenters. The van der Waals surface area contributed by atoms with E-state index in [1.807, 2.05) is 0 Å². The van der Waals surface area contributed by atoms with Crippen LogP contribution in [0.5, 0.6) is 0 Å². The standard InChI is InChI=1S/C22H30ClFN2O6S2/c1-16(13-26(17(2)15-27)34(30,31)21-7-5-6-18(23)12-21)22(32-4)14-25(3)33(28,29)20-10-8-19(24)9-11-20/h5-12,16-17,22,27H,13-15H2,1-4H3/t16-,17+,22-/m0/s1. The lowest BCUT2D eigenvalue weighted by Gasteiger charge is -2.33. The quantitative estimate of drug-likeness (QED) is 0.447. The highest BCUT2D eigenvalue weighted by atomic mass is 35.5. The molecule has 0 aliphatic heterocycles. The first-order chi connectivity index (χ1) is 15.8. The Labute approximate surface area is 206 Å². The van der Waals surface area contributed by atoms with Gasteiger partial charge in [0.2, 0.25) is 20.0 Å². The van der Waals surface area contributed by atoms with Gasteiger partial charge in [0.25, 0.3) is 0 Å². The van der Waals surface area contributed by atoms with Gasteiger partial charge in [-0.3, -0.25) is 0 Å². The number of methoxy groups -OCH3 is 1. The number of benzene rings is 2. The maximum atomic E-state index is 13.3. The van der Waals surface area contributed by atoms with Crippen molar-refractivity contribution in [2.24, 2.45) is 5.92 Å². The maximum Gasteiger partial charge on any atom is 0.243 e. The number of rotatable bonds is 12. The summed E-state index contributed by atoms with van der Waals surface area (Å²) in [5.74, 6) is -1.01. The van der Waals surface area contributed by atoms with E-state index in [0.717, 1.165) is 20.7 Å². The first kappa shape index (κ1) is 28.6. The lowest BCUT2D eigenvalue weighted by atomic mass is 10.0. The number of hydrogen-bond donors (Lipinski definition) is 1. The van der Waals surface area contributed by atoms with Crippen molar-refractivity contribution in [1.29, 1.82) is 0 Å². The van der Waals surface area contributed by atoms with Gasteiger partial charge in [0.05, 0.1) is 22.5 Å². The number of sulfonamides is 2. The molecule has 0 aliphatic carbocycles. The van der Waals surface area contributed by atoms with Crippen molar-refractivity contribution in [3.8, 4) is 0 Å². The lowest BCUT2D eigenvalue weighted by molar-refractivity contribution is 0.0360. The van der Waals surface area contributed by atoms with Crippen molar-refractivity contribution in [3.63, 3.8) is 0 Å². The number of aliphatic hydroxyl groups excluding tert-OH is 1. The summed E-state index contributed by atoms with van der Waals surface area (Å²) in [6.45, 7) is 2.78. The van der Waals surface area contributed by atoms with Crippen molar-refractivity contribution in [2.75, 3.05) is 33.9 Å². The zero-order chi connectivity index (χ0) is 25.7. The van der Waals surface area contributed by atoms with Crippen molar-refractivity contribution >= 4 is 31.6 Å². The van der Waals surface area contributed by atoms with Gasteiger partial charge in [0, 0.05) is 38.3 Å². The SMILES string of the molecule is CO[C@@H](CN(C)S(=O)(=O)c1ccc(F)cc1)[C@@H](C)CN([C@H](C)CO)S(=O)(=O)c1cccc(Cl)c1. The smallest absolute Gasteiger partial charge is 0.243 e. The average molecular weight is 537 g/mol. The monoisotopic (exact) mass is 536 g/mol. The second kappa shape index (κ2) is 11.9. The number of ether oxygens (including phenoxy) is 1. The molecule has 3 atom stereocenters. The molecule has 12 heteroatoms. The Morgan fingerprint density at radius 3 is 2.15 bits per heavy atom. The summed E-state index contributed by atoms with van der Waals surface area (Å²) in [6, 6.07) is 9.55. The fourth-order valence-electron chi connectivity index (χ4n) is 3.40. The number of aliphatic hydroxyl groups is 1. The summed E-state index contributed by atoms with van der Waals surface area (Å²) in [4.78, 5) is -0.0876. The van der Waals surface area contributed by atoms with Crippen LogP contribution in [0.4, 0.5) is 4.39 Å². The molecule has 0 aliphatic rings. The van der Waals surface area contributed by atoms with Crippen LogP contribution in [0.15, 0.2) is 58.3 Å². The van der Waals surface area contributed by atoms with Crippen LogP contribution in [0.2, 0.25) is 5.02 Å². The van der Waals surface area contributed by atoms with Crippen LogP contribution in [0, 0.1) is 11.7 Å². The van der Waals surface area contributed by atoms with E-state index >= 15 is 0 Å². The Morgan fingerprint density at radius 2 is 1.62 bits per heavy atom. The van der Waals surface area contributed by atoms with E-state index in [1.165, 1.54) is 44.5 Å². The number of likely N-dealkylation sites (N-methyl/N-ethyl adjacent to an activating group) is 1. The molecule has 0 saturated heterocycles. The number of halogens is 2. The third-order valence-electron chi connectivity index (χ3n) is 5.52. The van der Waals surface area contributed by atoms with Crippen LogP contribution in [-0.4, -0.2) is 76.6 Å². The number of nitrogens with zero attached hydrogens (tertiary/aromatic N) is 2. The zero-order valence-electron chi connectivity index (χ0n) is 19.4. The van der Waals surface area contributed by atoms with E-state index < -0.39 is 50.5 Å². The highest BCUT2D eigenvalue weighted by Gasteiger charge is 2.34. The third-order valence-corrected chi connectivity index (χ3v) is 9.57. The normalized spacial score (nSPS) is 15.4. The molecule has 34 heavy (non-hydrogen) atoms. The van der Waals surface area contributed by atoms with Crippen LogP contribution in [-0.2, 0) is 24.8 Å². The fraction of sp³-hybridized carbons (Fsp3) is 0.455. The summed E-state index contributed by atoms with van der Waals surface area (Å²) in [7, 11) is -5.15. The van der Waals surface area contributed by atoms with Gasteiger partial charge >= 0.3 is 0 Å². The molecule has 2 aromatic rings. The summed E-state index contributed by atoms with van der Waals surface area (Å²) in [6.07, 6.45) is -0.678. The molecule has 190 valence electrons. The Morgan fingerprint density at radius 1 is 1.00 bits per heavy atom. The van der Waals surface area contributed by atoms with Crippen molar-refractivity contribution in [3.05, 3.63) is 59.4 Å². The van der Waals surface area contributed by atoms with E-state index in [1.54, 1.807) is 19.9 Å².